The monoisotopic (exact) mass is 316 g/mol. The van der Waals surface area contributed by atoms with Gasteiger partial charge >= 0.3 is 6.03 Å². The predicted molar refractivity (Wildman–Crippen MR) is 83.1 cm³/mol. The minimum Gasteiger partial charge on any atom is -0.392 e. The number of benzene rings is 2. The summed E-state index contributed by atoms with van der Waals surface area (Å²) in [5.41, 5.74) is 3.84. The second-order valence-corrected chi connectivity index (χ2v) is 5.37. The van der Waals surface area contributed by atoms with Crippen molar-refractivity contribution in [1.29, 1.82) is 0 Å². The first-order valence-corrected chi connectivity index (χ1v) is 7.28. The van der Waals surface area contributed by atoms with Crippen LogP contribution < -0.4 is 10.6 Å². The molecule has 0 saturated carbocycles. The zero-order valence-corrected chi connectivity index (χ0v) is 12.4. The van der Waals surface area contributed by atoms with Gasteiger partial charge in [0.15, 0.2) is 0 Å². The second-order valence-electron chi connectivity index (χ2n) is 5.37. The molecule has 0 unspecified atom stereocenters. The highest BCUT2D eigenvalue weighted by Gasteiger charge is 2.12. The van der Waals surface area contributed by atoms with Crippen molar-refractivity contribution < 1.29 is 19.0 Å². The van der Waals surface area contributed by atoms with Gasteiger partial charge in [-0.2, -0.15) is 0 Å². The van der Waals surface area contributed by atoms with E-state index in [9.17, 15) is 9.18 Å². The lowest BCUT2D eigenvalue weighted by atomic mass is 10.1. The molecule has 6 heteroatoms. The molecule has 2 amide bonds. The summed E-state index contributed by atoms with van der Waals surface area (Å²) in [6.45, 7) is 1.04. The van der Waals surface area contributed by atoms with Crippen LogP contribution in [0.15, 0.2) is 36.4 Å². The molecule has 0 bridgehead atoms. The van der Waals surface area contributed by atoms with Gasteiger partial charge in [-0.1, -0.05) is 12.1 Å². The maximum atomic E-state index is 13.3. The van der Waals surface area contributed by atoms with Crippen LogP contribution >= 0.6 is 0 Å². The van der Waals surface area contributed by atoms with Crippen molar-refractivity contribution in [2.45, 2.75) is 26.4 Å². The Hall–Kier alpha value is -2.44. The second kappa shape index (κ2) is 6.76. The van der Waals surface area contributed by atoms with Crippen LogP contribution in [0, 0.1) is 5.82 Å². The molecule has 0 radical (unpaired) electrons. The number of amides is 2. The highest BCUT2D eigenvalue weighted by molar-refractivity contribution is 5.89. The van der Waals surface area contributed by atoms with E-state index in [1.54, 1.807) is 6.07 Å². The Labute approximate surface area is 133 Å². The summed E-state index contributed by atoms with van der Waals surface area (Å²) in [5.74, 6) is -0.457. The van der Waals surface area contributed by atoms with Gasteiger partial charge in [0.2, 0.25) is 0 Å². The molecule has 1 aliphatic heterocycles. The van der Waals surface area contributed by atoms with Gasteiger partial charge in [0, 0.05) is 17.8 Å². The van der Waals surface area contributed by atoms with Gasteiger partial charge in [0.05, 0.1) is 19.8 Å². The molecule has 0 aromatic heterocycles. The first kappa shape index (κ1) is 15.5. The molecular formula is C17H17FN2O3. The summed E-state index contributed by atoms with van der Waals surface area (Å²) >= 11 is 0. The van der Waals surface area contributed by atoms with Crippen molar-refractivity contribution in [3.63, 3.8) is 0 Å². The number of ether oxygens (including phenoxy) is 1. The summed E-state index contributed by atoms with van der Waals surface area (Å²) < 4.78 is 18.6. The van der Waals surface area contributed by atoms with Crippen molar-refractivity contribution in [2.75, 3.05) is 5.32 Å². The number of nitrogens with one attached hydrogen (secondary N) is 2. The molecule has 1 heterocycles. The number of aliphatic hydroxyl groups is 1. The lowest BCUT2D eigenvalue weighted by Gasteiger charge is -2.10. The normalized spacial score (nSPS) is 12.8. The topological polar surface area (TPSA) is 70.6 Å². The fraction of sp³-hybridized carbons (Fsp3) is 0.235. The number of hydrogen-bond acceptors (Lipinski definition) is 3. The van der Waals surface area contributed by atoms with E-state index in [1.165, 1.54) is 12.1 Å². The lowest BCUT2D eigenvalue weighted by molar-refractivity contribution is 0.134. The molecule has 0 fully saturated rings. The van der Waals surface area contributed by atoms with E-state index in [-0.39, 0.29) is 24.7 Å². The van der Waals surface area contributed by atoms with Crippen LogP contribution in [0.1, 0.15) is 22.3 Å². The number of urea groups is 1. The Bertz CT molecular complexity index is 734. The molecule has 1 aliphatic rings. The standard InChI is InChI=1S/C17H17FN2O3/c18-16-4-1-11(5-13(16)8-21)7-19-17(22)20-15-3-2-12-9-23-10-14(12)6-15/h1-6,21H,7-10H2,(H2,19,20,22). The van der Waals surface area contributed by atoms with Crippen LogP contribution in [0.4, 0.5) is 14.9 Å². The summed E-state index contributed by atoms with van der Waals surface area (Å²) in [7, 11) is 0. The molecular weight excluding hydrogens is 299 g/mol. The zero-order chi connectivity index (χ0) is 16.2. The number of carbonyl (C=O) groups excluding carboxylic acids is 1. The van der Waals surface area contributed by atoms with E-state index in [1.807, 2.05) is 18.2 Å². The molecule has 0 spiro atoms. The minimum absolute atomic E-state index is 0.211. The van der Waals surface area contributed by atoms with E-state index in [4.69, 9.17) is 9.84 Å². The van der Waals surface area contributed by atoms with Crippen molar-refractivity contribution in [2.24, 2.45) is 0 Å². The Morgan fingerprint density at radius 2 is 2.00 bits per heavy atom. The van der Waals surface area contributed by atoms with Crippen molar-refractivity contribution >= 4 is 11.7 Å². The Morgan fingerprint density at radius 3 is 2.83 bits per heavy atom. The Kier molecular flexibility index (Phi) is 4.55. The molecule has 120 valence electrons. The number of rotatable bonds is 4. The first-order chi connectivity index (χ1) is 11.2. The van der Waals surface area contributed by atoms with Crippen LogP contribution in [0.25, 0.3) is 0 Å². The molecule has 0 atom stereocenters. The largest absolute Gasteiger partial charge is 0.392 e. The zero-order valence-electron chi connectivity index (χ0n) is 12.4. The number of anilines is 1. The van der Waals surface area contributed by atoms with Gasteiger partial charge < -0.3 is 20.5 Å². The van der Waals surface area contributed by atoms with Gasteiger partial charge in [0.25, 0.3) is 0 Å². The third kappa shape index (κ3) is 3.67. The molecule has 0 saturated heterocycles. The Morgan fingerprint density at radius 1 is 1.17 bits per heavy atom. The molecule has 23 heavy (non-hydrogen) atoms. The number of aliphatic hydroxyl groups excluding tert-OH is 1. The third-order valence-corrected chi connectivity index (χ3v) is 3.71. The molecule has 5 nitrogen and oxygen atoms in total. The van der Waals surface area contributed by atoms with E-state index in [2.05, 4.69) is 10.6 Å². The fourth-order valence-electron chi connectivity index (χ4n) is 2.47. The molecule has 3 rings (SSSR count). The molecule has 0 aliphatic carbocycles. The molecule has 2 aromatic carbocycles. The summed E-state index contributed by atoms with van der Waals surface area (Å²) in [6.07, 6.45) is 0. The van der Waals surface area contributed by atoms with Crippen LogP contribution in [-0.4, -0.2) is 11.1 Å². The number of hydrogen-bond donors (Lipinski definition) is 3. The van der Waals surface area contributed by atoms with Crippen molar-refractivity contribution in [3.05, 3.63) is 64.5 Å². The maximum absolute atomic E-state index is 13.3. The van der Waals surface area contributed by atoms with E-state index < -0.39 is 5.82 Å². The summed E-state index contributed by atoms with van der Waals surface area (Å²) in [6, 6.07) is 9.69. The van der Waals surface area contributed by atoms with E-state index in [0.717, 1.165) is 11.1 Å². The van der Waals surface area contributed by atoms with Crippen LogP contribution in [0.3, 0.4) is 0 Å². The summed E-state index contributed by atoms with van der Waals surface area (Å²) in [4.78, 5) is 11.9. The quantitative estimate of drug-likeness (QED) is 0.812. The average Bonchev–Trinajstić information content (AvgIpc) is 3.01. The van der Waals surface area contributed by atoms with E-state index in [0.29, 0.717) is 24.5 Å². The van der Waals surface area contributed by atoms with Gasteiger partial charge in [0.1, 0.15) is 5.82 Å². The Balaban J connectivity index is 1.57. The molecule has 3 N–H and O–H groups in total. The fourth-order valence-corrected chi connectivity index (χ4v) is 2.47. The smallest absolute Gasteiger partial charge is 0.319 e. The molecule has 2 aromatic rings. The number of carbonyl (C=O) groups is 1. The maximum Gasteiger partial charge on any atom is 0.319 e. The highest BCUT2D eigenvalue weighted by Crippen LogP contribution is 2.23. The number of fused-ring (bicyclic) bond motifs is 1. The van der Waals surface area contributed by atoms with Gasteiger partial charge in [-0.25, -0.2) is 9.18 Å². The highest BCUT2D eigenvalue weighted by atomic mass is 19.1. The average molecular weight is 316 g/mol. The number of halogens is 1. The van der Waals surface area contributed by atoms with Crippen molar-refractivity contribution in [1.82, 2.24) is 5.32 Å². The minimum atomic E-state index is -0.457. The first-order valence-electron chi connectivity index (χ1n) is 7.28. The van der Waals surface area contributed by atoms with Crippen molar-refractivity contribution in [3.8, 4) is 0 Å². The van der Waals surface area contributed by atoms with Gasteiger partial charge in [-0.3, -0.25) is 0 Å². The SMILES string of the molecule is O=C(NCc1ccc(F)c(CO)c1)Nc1ccc2c(c1)COC2. The third-order valence-electron chi connectivity index (χ3n) is 3.71. The van der Waals surface area contributed by atoms with Gasteiger partial charge in [-0.15, -0.1) is 0 Å². The lowest BCUT2D eigenvalue weighted by Crippen LogP contribution is -2.28. The van der Waals surface area contributed by atoms with Gasteiger partial charge in [-0.05, 0) is 41.0 Å². The summed E-state index contributed by atoms with van der Waals surface area (Å²) in [5, 5.41) is 14.5. The van der Waals surface area contributed by atoms with E-state index >= 15 is 0 Å². The van der Waals surface area contributed by atoms with Crippen LogP contribution in [0.5, 0.6) is 0 Å². The van der Waals surface area contributed by atoms with Crippen LogP contribution in [0.2, 0.25) is 0 Å². The predicted octanol–water partition coefficient (Wildman–Crippen LogP) is 2.67. The van der Waals surface area contributed by atoms with Crippen LogP contribution in [-0.2, 0) is 31.1 Å².